The van der Waals surface area contributed by atoms with Crippen LogP contribution >= 0.6 is 12.6 Å². The predicted octanol–water partition coefficient (Wildman–Crippen LogP) is 3.34. The molecule has 2 nitrogen and oxygen atoms in total. The molecule has 0 unspecified atom stereocenters. The highest BCUT2D eigenvalue weighted by molar-refractivity contribution is 7.80. The van der Waals surface area contributed by atoms with Crippen molar-refractivity contribution in [2.24, 2.45) is 0 Å². The van der Waals surface area contributed by atoms with Crippen LogP contribution in [0.15, 0.2) is 24.3 Å². The van der Waals surface area contributed by atoms with E-state index in [9.17, 15) is 9.18 Å². The van der Waals surface area contributed by atoms with Gasteiger partial charge in [-0.15, -0.1) is 0 Å². The Hall–Kier alpha value is -1.29. The van der Waals surface area contributed by atoms with Gasteiger partial charge in [-0.05, 0) is 42.9 Å². The zero-order valence-corrected chi connectivity index (χ0v) is 10.5. The normalized spacial score (nSPS) is 10.8. The zero-order chi connectivity index (χ0) is 12.7. The molecule has 0 aliphatic rings. The highest BCUT2D eigenvalue weighted by atomic mass is 32.1. The van der Waals surface area contributed by atoms with Gasteiger partial charge in [0.15, 0.2) is 0 Å². The molecule has 92 valence electrons. The third-order valence-electron chi connectivity index (χ3n) is 2.10. The van der Waals surface area contributed by atoms with Crippen LogP contribution in [0.2, 0.25) is 0 Å². The smallest absolute Gasteiger partial charge is 0.338 e. The number of carbonyl (C=O) groups is 1. The molecule has 0 atom stereocenters. The molecule has 0 bridgehead atoms. The molecule has 1 aromatic carbocycles. The summed E-state index contributed by atoms with van der Waals surface area (Å²) >= 11 is 4.07. The minimum atomic E-state index is -0.432. The fourth-order valence-electron chi connectivity index (χ4n) is 1.35. The first-order valence-corrected chi connectivity index (χ1v) is 6.06. The Morgan fingerprint density at radius 2 is 2.29 bits per heavy atom. The molecule has 0 aromatic heterocycles. The first-order chi connectivity index (χ1) is 8.19. The van der Waals surface area contributed by atoms with Gasteiger partial charge in [0.1, 0.15) is 5.82 Å². The molecule has 0 saturated heterocycles. The van der Waals surface area contributed by atoms with Crippen molar-refractivity contribution in [2.45, 2.75) is 13.3 Å². The molecule has 17 heavy (non-hydrogen) atoms. The molecule has 0 spiro atoms. The van der Waals surface area contributed by atoms with Gasteiger partial charge in [0.05, 0.1) is 12.2 Å². The second kappa shape index (κ2) is 7.12. The first kappa shape index (κ1) is 13.8. The Morgan fingerprint density at radius 3 is 2.94 bits per heavy atom. The molecule has 0 saturated carbocycles. The number of hydrogen-bond donors (Lipinski definition) is 1. The molecule has 0 aliphatic heterocycles. The fourth-order valence-corrected chi connectivity index (χ4v) is 1.50. The van der Waals surface area contributed by atoms with E-state index in [2.05, 4.69) is 12.6 Å². The molecule has 1 rings (SSSR count). The monoisotopic (exact) mass is 254 g/mol. The number of rotatable bonds is 5. The largest absolute Gasteiger partial charge is 0.462 e. The van der Waals surface area contributed by atoms with Crippen molar-refractivity contribution >= 4 is 24.7 Å². The molecule has 1 aromatic rings. The minimum absolute atomic E-state index is 0.302. The maximum Gasteiger partial charge on any atom is 0.338 e. The summed E-state index contributed by atoms with van der Waals surface area (Å²) in [7, 11) is 0. The van der Waals surface area contributed by atoms with E-state index in [1.807, 2.05) is 6.08 Å². The van der Waals surface area contributed by atoms with Crippen molar-refractivity contribution in [2.75, 3.05) is 12.4 Å². The van der Waals surface area contributed by atoms with E-state index in [0.717, 1.165) is 6.42 Å². The number of carbonyl (C=O) groups excluding carboxylic acids is 1. The van der Waals surface area contributed by atoms with Crippen LogP contribution in [-0.2, 0) is 4.74 Å². The van der Waals surface area contributed by atoms with Crippen molar-refractivity contribution < 1.29 is 13.9 Å². The first-order valence-electron chi connectivity index (χ1n) is 5.43. The van der Waals surface area contributed by atoms with Crippen molar-refractivity contribution in [3.8, 4) is 0 Å². The van der Waals surface area contributed by atoms with E-state index in [4.69, 9.17) is 4.74 Å². The highest BCUT2D eigenvalue weighted by Crippen LogP contribution is 2.15. The summed E-state index contributed by atoms with van der Waals surface area (Å²) in [4.78, 5) is 11.6. The van der Waals surface area contributed by atoms with E-state index in [1.165, 1.54) is 18.2 Å². The van der Waals surface area contributed by atoms with Gasteiger partial charge >= 0.3 is 5.97 Å². The molecule has 0 amide bonds. The zero-order valence-electron chi connectivity index (χ0n) is 9.65. The van der Waals surface area contributed by atoms with Crippen LogP contribution in [0, 0.1) is 5.82 Å². The summed E-state index contributed by atoms with van der Waals surface area (Å²) in [6.07, 6.45) is 4.33. The average Bonchev–Trinajstić information content (AvgIpc) is 2.30. The quantitative estimate of drug-likeness (QED) is 0.644. The topological polar surface area (TPSA) is 26.3 Å². The van der Waals surface area contributed by atoms with E-state index in [1.54, 1.807) is 13.0 Å². The third-order valence-corrected chi connectivity index (χ3v) is 2.36. The number of benzene rings is 1. The number of thiol groups is 1. The van der Waals surface area contributed by atoms with Crippen LogP contribution in [-0.4, -0.2) is 18.3 Å². The van der Waals surface area contributed by atoms with E-state index in [0.29, 0.717) is 23.5 Å². The van der Waals surface area contributed by atoms with Crippen molar-refractivity contribution in [3.05, 3.63) is 41.2 Å². The maximum atomic E-state index is 13.1. The summed E-state index contributed by atoms with van der Waals surface area (Å²) in [5.41, 5.74) is 0.911. The Morgan fingerprint density at radius 1 is 1.53 bits per heavy atom. The Labute approximate surface area is 106 Å². The number of halogens is 1. The Kier molecular flexibility index (Phi) is 5.77. The maximum absolute atomic E-state index is 13.1. The molecular formula is C13H15FO2S. The van der Waals surface area contributed by atoms with Gasteiger partial charge in [0, 0.05) is 0 Å². The molecule has 0 radical (unpaired) electrons. The average molecular weight is 254 g/mol. The van der Waals surface area contributed by atoms with Gasteiger partial charge in [-0.1, -0.05) is 12.2 Å². The van der Waals surface area contributed by atoms with Crippen LogP contribution < -0.4 is 0 Å². The molecular weight excluding hydrogens is 239 g/mol. The van der Waals surface area contributed by atoms with E-state index in [-0.39, 0.29) is 5.82 Å². The Bertz CT molecular complexity index is 416. The molecule has 0 heterocycles. The van der Waals surface area contributed by atoms with Crippen molar-refractivity contribution in [1.82, 2.24) is 0 Å². The summed E-state index contributed by atoms with van der Waals surface area (Å²) in [6, 6.07) is 4.01. The van der Waals surface area contributed by atoms with E-state index < -0.39 is 5.97 Å². The van der Waals surface area contributed by atoms with Crippen LogP contribution in [0.1, 0.15) is 29.3 Å². The highest BCUT2D eigenvalue weighted by Gasteiger charge is 2.11. The second-order valence-electron chi connectivity index (χ2n) is 3.37. The lowest BCUT2D eigenvalue weighted by molar-refractivity contribution is 0.0526. The van der Waals surface area contributed by atoms with Gasteiger partial charge in [-0.25, -0.2) is 9.18 Å². The van der Waals surface area contributed by atoms with Crippen LogP contribution in [0.25, 0.3) is 6.08 Å². The number of esters is 1. The molecule has 4 heteroatoms. The fraction of sp³-hybridized carbons (Fsp3) is 0.308. The number of ether oxygens (including phenoxy) is 1. The van der Waals surface area contributed by atoms with Gasteiger partial charge in [-0.2, -0.15) is 12.6 Å². The lowest BCUT2D eigenvalue weighted by Crippen LogP contribution is -2.06. The summed E-state index contributed by atoms with van der Waals surface area (Å²) in [5.74, 6) is -0.0952. The lowest BCUT2D eigenvalue weighted by atomic mass is 10.1. The van der Waals surface area contributed by atoms with Crippen molar-refractivity contribution in [3.63, 3.8) is 0 Å². The molecule has 0 fully saturated rings. The standard InChI is InChI=1S/C13H15FO2S/c1-2-16-13(15)12-7-6-11(14)9-10(12)5-3-4-8-17/h3,5-7,9,17H,2,4,8H2,1H3. The summed E-state index contributed by atoms with van der Waals surface area (Å²) < 4.78 is 18.0. The third kappa shape index (κ3) is 4.23. The van der Waals surface area contributed by atoms with Gasteiger partial charge < -0.3 is 4.74 Å². The number of hydrogen-bond acceptors (Lipinski definition) is 3. The summed E-state index contributed by atoms with van der Waals surface area (Å²) in [6.45, 7) is 2.04. The Balaban J connectivity index is 2.99. The lowest BCUT2D eigenvalue weighted by Gasteiger charge is -2.05. The summed E-state index contributed by atoms with van der Waals surface area (Å²) in [5, 5.41) is 0. The van der Waals surface area contributed by atoms with E-state index >= 15 is 0 Å². The van der Waals surface area contributed by atoms with Crippen LogP contribution in [0.3, 0.4) is 0 Å². The van der Waals surface area contributed by atoms with Crippen LogP contribution in [0.4, 0.5) is 4.39 Å². The van der Waals surface area contributed by atoms with Gasteiger partial charge in [0.2, 0.25) is 0 Å². The minimum Gasteiger partial charge on any atom is -0.462 e. The number of allylic oxidation sites excluding steroid dienone is 1. The van der Waals surface area contributed by atoms with Crippen LogP contribution in [0.5, 0.6) is 0 Å². The van der Waals surface area contributed by atoms with Crippen molar-refractivity contribution in [1.29, 1.82) is 0 Å². The molecule has 0 aliphatic carbocycles. The molecule has 0 N–H and O–H groups in total. The second-order valence-corrected chi connectivity index (χ2v) is 3.81. The van der Waals surface area contributed by atoms with Gasteiger partial charge in [0.25, 0.3) is 0 Å². The predicted molar refractivity (Wildman–Crippen MR) is 69.9 cm³/mol. The van der Waals surface area contributed by atoms with Gasteiger partial charge in [-0.3, -0.25) is 0 Å². The SMILES string of the molecule is CCOC(=O)c1ccc(F)cc1C=CCCS.